The van der Waals surface area contributed by atoms with Crippen LogP contribution in [-0.2, 0) is 13.0 Å². The molecule has 0 spiro atoms. The number of aryl methyl sites for hydroxylation is 1. The number of hydrogen-bond acceptors (Lipinski definition) is 7. The summed E-state index contributed by atoms with van der Waals surface area (Å²) in [6, 6.07) is 1.86. The average Bonchev–Trinajstić information content (AvgIpc) is 2.64. The average molecular weight is 339 g/mol. The van der Waals surface area contributed by atoms with E-state index in [0.29, 0.717) is 0 Å². The Hall–Kier alpha value is -2.28. The smallest absolute Gasteiger partial charge is 0.227 e. The van der Waals surface area contributed by atoms with Gasteiger partial charge in [-0.1, -0.05) is 0 Å². The lowest BCUT2D eigenvalue weighted by molar-refractivity contribution is 0.243. The first-order valence-electron chi connectivity index (χ1n) is 9.02. The van der Waals surface area contributed by atoms with Gasteiger partial charge in [-0.3, -0.25) is 4.90 Å². The predicted octanol–water partition coefficient (Wildman–Crippen LogP) is 1.28. The van der Waals surface area contributed by atoms with E-state index < -0.39 is 0 Å². The van der Waals surface area contributed by atoms with Crippen molar-refractivity contribution in [3.05, 3.63) is 35.5 Å². The molecule has 4 rings (SSSR count). The lowest BCUT2D eigenvalue weighted by Gasteiger charge is -2.35. The van der Waals surface area contributed by atoms with Gasteiger partial charge in [0.2, 0.25) is 5.95 Å². The van der Waals surface area contributed by atoms with E-state index in [1.165, 1.54) is 12.0 Å². The molecule has 0 N–H and O–H groups in total. The molecule has 2 aliphatic heterocycles. The first kappa shape index (κ1) is 16.2. The van der Waals surface area contributed by atoms with Gasteiger partial charge in [0.1, 0.15) is 11.6 Å². The molecule has 0 saturated carbocycles. The molecular formula is C18H25N7. The molecule has 25 heavy (non-hydrogen) atoms. The van der Waals surface area contributed by atoms with Crippen molar-refractivity contribution in [1.82, 2.24) is 24.8 Å². The van der Waals surface area contributed by atoms with E-state index in [9.17, 15) is 0 Å². The fraction of sp³-hybridized carbons (Fsp3) is 0.556. The standard InChI is InChI=1S/C18H25N7/c1-14-15-5-3-8-23(2)17(15)22-18(21-14)25-11-9-24(10-12-25)13-16-19-6-4-7-20-16/h4,6-7H,3,5,8-13H2,1-2H3. The molecule has 0 aromatic carbocycles. The van der Waals surface area contributed by atoms with Crippen LogP contribution in [0.5, 0.6) is 0 Å². The highest BCUT2D eigenvalue weighted by molar-refractivity contribution is 5.54. The molecule has 4 heterocycles. The Kier molecular flexibility index (Phi) is 4.48. The fourth-order valence-electron chi connectivity index (χ4n) is 3.63. The van der Waals surface area contributed by atoms with Gasteiger partial charge in [0.25, 0.3) is 0 Å². The topological polar surface area (TPSA) is 61.3 Å². The zero-order valence-electron chi connectivity index (χ0n) is 15.0. The Balaban J connectivity index is 1.44. The Morgan fingerprint density at radius 2 is 1.76 bits per heavy atom. The largest absolute Gasteiger partial charge is 0.359 e. The third-order valence-corrected chi connectivity index (χ3v) is 5.10. The predicted molar refractivity (Wildman–Crippen MR) is 97.9 cm³/mol. The van der Waals surface area contributed by atoms with Crippen LogP contribution >= 0.6 is 0 Å². The fourth-order valence-corrected chi connectivity index (χ4v) is 3.63. The minimum absolute atomic E-state index is 0.807. The summed E-state index contributed by atoms with van der Waals surface area (Å²) in [5.41, 5.74) is 2.45. The summed E-state index contributed by atoms with van der Waals surface area (Å²) in [6.07, 6.45) is 5.89. The maximum atomic E-state index is 4.89. The van der Waals surface area contributed by atoms with Crippen LogP contribution in [0.2, 0.25) is 0 Å². The molecule has 2 aromatic rings. The Bertz CT molecular complexity index is 726. The Morgan fingerprint density at radius 1 is 1.00 bits per heavy atom. The maximum Gasteiger partial charge on any atom is 0.227 e. The highest BCUT2D eigenvalue weighted by atomic mass is 15.3. The van der Waals surface area contributed by atoms with Crippen LogP contribution in [0.4, 0.5) is 11.8 Å². The molecule has 0 unspecified atom stereocenters. The number of hydrogen-bond donors (Lipinski definition) is 0. The number of fused-ring (bicyclic) bond motifs is 1. The highest BCUT2D eigenvalue weighted by Crippen LogP contribution is 2.28. The van der Waals surface area contributed by atoms with Crippen molar-refractivity contribution in [2.24, 2.45) is 0 Å². The summed E-state index contributed by atoms with van der Waals surface area (Å²) in [6.45, 7) is 7.84. The van der Waals surface area contributed by atoms with Crippen molar-refractivity contribution in [3.8, 4) is 0 Å². The van der Waals surface area contributed by atoms with E-state index in [2.05, 4.69) is 38.6 Å². The Morgan fingerprint density at radius 3 is 2.52 bits per heavy atom. The van der Waals surface area contributed by atoms with E-state index in [1.807, 2.05) is 6.07 Å². The van der Waals surface area contributed by atoms with Crippen molar-refractivity contribution in [3.63, 3.8) is 0 Å². The van der Waals surface area contributed by atoms with Gasteiger partial charge in [0, 0.05) is 63.4 Å². The van der Waals surface area contributed by atoms with Crippen LogP contribution in [0.15, 0.2) is 18.5 Å². The van der Waals surface area contributed by atoms with Crippen LogP contribution in [0, 0.1) is 6.92 Å². The van der Waals surface area contributed by atoms with E-state index >= 15 is 0 Å². The lowest BCUT2D eigenvalue weighted by atomic mass is 10.0. The Labute approximate surface area is 148 Å². The summed E-state index contributed by atoms with van der Waals surface area (Å²) in [5.74, 6) is 2.88. The van der Waals surface area contributed by atoms with Gasteiger partial charge >= 0.3 is 0 Å². The minimum Gasteiger partial charge on any atom is -0.359 e. The molecule has 2 aliphatic rings. The molecule has 0 atom stereocenters. The third-order valence-electron chi connectivity index (χ3n) is 5.10. The molecule has 1 fully saturated rings. The maximum absolute atomic E-state index is 4.89. The summed E-state index contributed by atoms with van der Waals surface area (Å²) >= 11 is 0. The van der Waals surface area contributed by atoms with Crippen LogP contribution in [-0.4, -0.2) is 64.6 Å². The molecule has 0 bridgehead atoms. The van der Waals surface area contributed by atoms with Crippen molar-refractivity contribution >= 4 is 11.8 Å². The van der Waals surface area contributed by atoms with Gasteiger partial charge in [-0.05, 0) is 25.8 Å². The van der Waals surface area contributed by atoms with E-state index in [-0.39, 0.29) is 0 Å². The van der Waals surface area contributed by atoms with Gasteiger partial charge < -0.3 is 9.80 Å². The number of rotatable bonds is 3. The molecule has 0 amide bonds. The number of piperazine rings is 1. The molecule has 2 aromatic heterocycles. The highest BCUT2D eigenvalue weighted by Gasteiger charge is 2.24. The van der Waals surface area contributed by atoms with Gasteiger partial charge in [0.15, 0.2) is 0 Å². The first-order chi connectivity index (χ1) is 12.2. The molecule has 7 nitrogen and oxygen atoms in total. The van der Waals surface area contributed by atoms with Crippen LogP contribution in [0.3, 0.4) is 0 Å². The van der Waals surface area contributed by atoms with Crippen LogP contribution in [0.25, 0.3) is 0 Å². The van der Waals surface area contributed by atoms with Gasteiger partial charge in [0.05, 0.1) is 6.54 Å². The molecule has 0 aliphatic carbocycles. The van der Waals surface area contributed by atoms with Gasteiger partial charge in [-0.15, -0.1) is 0 Å². The van der Waals surface area contributed by atoms with E-state index in [4.69, 9.17) is 9.97 Å². The molecule has 1 saturated heterocycles. The van der Waals surface area contributed by atoms with Crippen molar-refractivity contribution in [1.29, 1.82) is 0 Å². The number of nitrogens with zero attached hydrogens (tertiary/aromatic N) is 7. The lowest BCUT2D eigenvalue weighted by Crippen LogP contribution is -2.47. The summed E-state index contributed by atoms with van der Waals surface area (Å²) in [5, 5.41) is 0. The van der Waals surface area contributed by atoms with Gasteiger partial charge in [-0.25, -0.2) is 15.0 Å². The first-order valence-corrected chi connectivity index (χ1v) is 9.02. The summed E-state index contributed by atoms with van der Waals surface area (Å²) in [4.78, 5) is 25.3. The van der Waals surface area contributed by atoms with Crippen LogP contribution < -0.4 is 9.80 Å². The van der Waals surface area contributed by atoms with Crippen molar-refractivity contribution in [2.45, 2.75) is 26.3 Å². The van der Waals surface area contributed by atoms with Gasteiger partial charge in [-0.2, -0.15) is 4.98 Å². The summed E-state index contributed by atoms with van der Waals surface area (Å²) < 4.78 is 0. The van der Waals surface area contributed by atoms with Crippen molar-refractivity contribution < 1.29 is 0 Å². The number of aromatic nitrogens is 4. The number of anilines is 2. The molecule has 7 heteroatoms. The molecule has 0 radical (unpaired) electrons. The monoisotopic (exact) mass is 339 g/mol. The molecular weight excluding hydrogens is 314 g/mol. The SMILES string of the molecule is Cc1nc(N2CCN(Cc3ncccn3)CC2)nc2c1CCCN2C. The molecule has 132 valence electrons. The summed E-state index contributed by atoms with van der Waals surface area (Å²) in [7, 11) is 2.13. The van der Waals surface area contributed by atoms with E-state index in [0.717, 1.165) is 69.0 Å². The quantitative estimate of drug-likeness (QED) is 0.835. The second kappa shape index (κ2) is 6.92. The second-order valence-corrected chi connectivity index (χ2v) is 6.86. The second-order valence-electron chi connectivity index (χ2n) is 6.86. The van der Waals surface area contributed by atoms with Crippen LogP contribution in [0.1, 0.15) is 23.5 Å². The minimum atomic E-state index is 0.807. The normalized spacial score (nSPS) is 18.3. The third kappa shape index (κ3) is 3.42. The zero-order valence-corrected chi connectivity index (χ0v) is 15.0. The van der Waals surface area contributed by atoms with E-state index in [1.54, 1.807) is 12.4 Å². The van der Waals surface area contributed by atoms with Crippen molar-refractivity contribution in [2.75, 3.05) is 49.6 Å². The zero-order chi connectivity index (χ0) is 17.2.